The Morgan fingerprint density at radius 2 is 2.14 bits per heavy atom. The van der Waals surface area contributed by atoms with Gasteiger partial charge < -0.3 is 4.74 Å². The highest BCUT2D eigenvalue weighted by molar-refractivity contribution is 8.07. The molecule has 3 unspecified atom stereocenters. The van der Waals surface area contributed by atoms with Gasteiger partial charge in [0.2, 0.25) is 0 Å². The summed E-state index contributed by atoms with van der Waals surface area (Å²) >= 11 is 3.90. The van der Waals surface area contributed by atoms with E-state index in [0.29, 0.717) is 34.3 Å². The fourth-order valence-electron chi connectivity index (χ4n) is 2.16. The molecule has 0 amide bonds. The van der Waals surface area contributed by atoms with Crippen molar-refractivity contribution in [3.63, 3.8) is 0 Å². The Balaban J connectivity index is 2.21. The molecule has 6 heteroatoms. The van der Waals surface area contributed by atoms with E-state index in [1.807, 2.05) is 30.4 Å². The molecule has 4 nitrogen and oxygen atoms in total. The topological polar surface area (TPSA) is 52.1 Å². The Labute approximate surface area is 134 Å². The molecule has 1 aromatic rings. The van der Waals surface area contributed by atoms with E-state index in [1.165, 1.54) is 0 Å². The molecular formula is C15H22N2O2S2. The molecular weight excluding hydrogens is 304 g/mol. The van der Waals surface area contributed by atoms with Gasteiger partial charge in [0.1, 0.15) is 5.82 Å². The van der Waals surface area contributed by atoms with Gasteiger partial charge in [-0.1, -0.05) is 20.8 Å². The van der Waals surface area contributed by atoms with Crippen molar-refractivity contribution in [3.8, 4) is 0 Å². The van der Waals surface area contributed by atoms with Gasteiger partial charge in [-0.2, -0.15) is 11.8 Å². The summed E-state index contributed by atoms with van der Waals surface area (Å²) in [4.78, 5) is 21.0. The Morgan fingerprint density at radius 1 is 1.38 bits per heavy atom. The molecule has 3 atom stereocenters. The summed E-state index contributed by atoms with van der Waals surface area (Å²) in [5.41, 5.74) is 1.29. The first-order valence-electron chi connectivity index (χ1n) is 7.36. The van der Waals surface area contributed by atoms with Gasteiger partial charge >= 0.3 is 5.97 Å². The summed E-state index contributed by atoms with van der Waals surface area (Å²) in [7, 11) is 0. The third-order valence-electron chi connectivity index (χ3n) is 3.56. The molecule has 2 heterocycles. The van der Waals surface area contributed by atoms with E-state index in [0.717, 1.165) is 17.3 Å². The van der Waals surface area contributed by atoms with E-state index in [4.69, 9.17) is 4.74 Å². The monoisotopic (exact) mass is 326 g/mol. The molecule has 0 radical (unpaired) electrons. The quantitative estimate of drug-likeness (QED) is 0.789. The molecule has 1 saturated heterocycles. The minimum absolute atomic E-state index is 0.308. The van der Waals surface area contributed by atoms with Crippen LogP contribution in [0.2, 0.25) is 0 Å². The molecule has 0 aliphatic carbocycles. The lowest BCUT2D eigenvalue weighted by molar-refractivity contribution is 0.0524. The van der Waals surface area contributed by atoms with Crippen molar-refractivity contribution in [1.29, 1.82) is 0 Å². The van der Waals surface area contributed by atoms with Gasteiger partial charge in [0.15, 0.2) is 0 Å². The molecule has 116 valence electrons. The summed E-state index contributed by atoms with van der Waals surface area (Å²) in [5.74, 6) is 1.54. The summed E-state index contributed by atoms with van der Waals surface area (Å²) in [5, 5.41) is 1.56. The van der Waals surface area contributed by atoms with Gasteiger partial charge in [-0.15, -0.1) is 11.8 Å². The summed E-state index contributed by atoms with van der Waals surface area (Å²) in [6.07, 6.45) is 2.34. The molecule has 0 aromatic carbocycles. The zero-order valence-electron chi connectivity index (χ0n) is 13.0. The maximum absolute atomic E-state index is 11.9. The Hall–Kier alpha value is -0.750. The smallest absolute Gasteiger partial charge is 0.341 e. The first-order chi connectivity index (χ1) is 10.1. The third kappa shape index (κ3) is 3.92. The predicted octanol–water partition coefficient (Wildman–Crippen LogP) is 3.51. The molecule has 0 bridgehead atoms. The number of esters is 1. The molecule has 0 saturated carbocycles. The van der Waals surface area contributed by atoms with Crippen LogP contribution in [0.4, 0.5) is 0 Å². The summed E-state index contributed by atoms with van der Waals surface area (Å²) in [6.45, 7) is 8.69. The van der Waals surface area contributed by atoms with Crippen LogP contribution in [0, 0.1) is 0 Å². The molecule has 0 N–H and O–H groups in total. The highest BCUT2D eigenvalue weighted by Crippen LogP contribution is 2.43. The van der Waals surface area contributed by atoms with Crippen LogP contribution in [0.5, 0.6) is 0 Å². The van der Waals surface area contributed by atoms with Gasteiger partial charge in [0, 0.05) is 22.4 Å². The van der Waals surface area contributed by atoms with E-state index in [1.54, 1.807) is 13.1 Å². The van der Waals surface area contributed by atoms with E-state index in [2.05, 4.69) is 23.8 Å². The van der Waals surface area contributed by atoms with Crippen molar-refractivity contribution in [2.45, 2.75) is 49.9 Å². The lowest BCUT2D eigenvalue weighted by Crippen LogP contribution is -2.23. The molecule has 1 fully saturated rings. The van der Waals surface area contributed by atoms with E-state index >= 15 is 0 Å². The van der Waals surface area contributed by atoms with E-state index in [-0.39, 0.29) is 5.97 Å². The SMILES string of the molecule is CCOC(=O)c1cnc(C2CSC(C)C(C)S2)nc1CC. The fourth-order valence-corrected chi connectivity index (χ4v) is 5.01. The average Bonchev–Trinajstić information content (AvgIpc) is 2.49. The largest absolute Gasteiger partial charge is 0.462 e. The predicted molar refractivity (Wildman–Crippen MR) is 89.1 cm³/mol. The summed E-state index contributed by atoms with van der Waals surface area (Å²) in [6, 6.07) is 0. The van der Waals surface area contributed by atoms with Crippen LogP contribution < -0.4 is 0 Å². The van der Waals surface area contributed by atoms with Crippen LogP contribution >= 0.6 is 23.5 Å². The molecule has 1 aliphatic heterocycles. The van der Waals surface area contributed by atoms with Gasteiger partial charge in [-0.3, -0.25) is 0 Å². The number of ether oxygens (including phenoxy) is 1. The molecule has 21 heavy (non-hydrogen) atoms. The second kappa shape index (κ2) is 7.49. The van der Waals surface area contributed by atoms with Gasteiger partial charge in [-0.25, -0.2) is 14.8 Å². The normalized spacial score (nSPS) is 25.6. The maximum atomic E-state index is 11.9. The Morgan fingerprint density at radius 3 is 2.76 bits per heavy atom. The number of nitrogens with zero attached hydrogens (tertiary/aromatic N) is 2. The highest BCUT2D eigenvalue weighted by Gasteiger charge is 2.29. The van der Waals surface area contributed by atoms with Crippen LogP contribution in [0.25, 0.3) is 0 Å². The van der Waals surface area contributed by atoms with Crippen LogP contribution in [0.3, 0.4) is 0 Å². The van der Waals surface area contributed by atoms with Crippen LogP contribution in [-0.2, 0) is 11.2 Å². The van der Waals surface area contributed by atoms with Gasteiger partial charge in [0.25, 0.3) is 0 Å². The van der Waals surface area contributed by atoms with E-state index in [9.17, 15) is 4.79 Å². The number of aryl methyl sites for hydroxylation is 1. The molecule has 1 aromatic heterocycles. The minimum Gasteiger partial charge on any atom is -0.462 e. The highest BCUT2D eigenvalue weighted by atomic mass is 32.2. The van der Waals surface area contributed by atoms with Crippen molar-refractivity contribution in [3.05, 3.63) is 23.3 Å². The van der Waals surface area contributed by atoms with Gasteiger partial charge in [0.05, 0.1) is 23.1 Å². The van der Waals surface area contributed by atoms with Crippen LogP contribution in [0.15, 0.2) is 6.20 Å². The van der Waals surface area contributed by atoms with Crippen molar-refractivity contribution >= 4 is 29.5 Å². The maximum Gasteiger partial charge on any atom is 0.341 e. The second-order valence-electron chi connectivity index (χ2n) is 5.03. The lowest BCUT2D eigenvalue weighted by Gasteiger charge is -2.30. The third-order valence-corrected chi connectivity index (χ3v) is 6.94. The number of hydrogen-bond acceptors (Lipinski definition) is 6. The van der Waals surface area contributed by atoms with Crippen LogP contribution in [-0.4, -0.2) is 38.8 Å². The molecule has 0 spiro atoms. The first kappa shape index (κ1) is 16.6. The lowest BCUT2D eigenvalue weighted by atomic mass is 10.2. The Bertz CT molecular complexity index is 510. The Kier molecular flexibility index (Phi) is 5.93. The van der Waals surface area contributed by atoms with E-state index < -0.39 is 0 Å². The number of aromatic nitrogens is 2. The minimum atomic E-state index is -0.325. The zero-order valence-corrected chi connectivity index (χ0v) is 14.6. The van der Waals surface area contributed by atoms with Gasteiger partial charge in [-0.05, 0) is 13.3 Å². The number of thioether (sulfide) groups is 2. The second-order valence-corrected chi connectivity index (χ2v) is 8.03. The van der Waals surface area contributed by atoms with Crippen molar-refractivity contribution in [2.24, 2.45) is 0 Å². The fraction of sp³-hybridized carbons (Fsp3) is 0.667. The molecule has 1 aliphatic rings. The number of hydrogen-bond donors (Lipinski definition) is 0. The average molecular weight is 326 g/mol. The summed E-state index contributed by atoms with van der Waals surface area (Å²) < 4.78 is 5.06. The van der Waals surface area contributed by atoms with Crippen LogP contribution in [0.1, 0.15) is 54.8 Å². The van der Waals surface area contributed by atoms with Crippen molar-refractivity contribution in [2.75, 3.05) is 12.4 Å². The van der Waals surface area contributed by atoms with Crippen molar-refractivity contribution < 1.29 is 9.53 Å². The van der Waals surface area contributed by atoms with Crippen molar-refractivity contribution in [1.82, 2.24) is 9.97 Å². The number of rotatable bonds is 4. The first-order valence-corrected chi connectivity index (χ1v) is 9.35. The molecule has 2 rings (SSSR count). The number of carbonyl (C=O) groups excluding carboxylic acids is 1. The number of carbonyl (C=O) groups is 1. The zero-order chi connectivity index (χ0) is 15.4. The standard InChI is InChI=1S/C15H22N2O2S2/c1-5-12-11(15(18)19-6-2)7-16-14(17-12)13-8-20-9(3)10(4)21-13/h7,9-10,13H,5-6,8H2,1-4H3.